The average molecular weight is 557 g/mol. The summed E-state index contributed by atoms with van der Waals surface area (Å²) < 4.78 is 25.3. The van der Waals surface area contributed by atoms with Crippen molar-refractivity contribution in [2.45, 2.75) is 73.8 Å². The first-order chi connectivity index (χ1) is 11.2. The minimum absolute atomic E-state index is 0. The van der Waals surface area contributed by atoms with Crippen molar-refractivity contribution in [2.24, 2.45) is 0 Å². The number of fused-ring (bicyclic) bond motifs is 3. The molecule has 0 amide bonds. The van der Waals surface area contributed by atoms with Gasteiger partial charge in [-0.1, -0.05) is 0 Å². The summed E-state index contributed by atoms with van der Waals surface area (Å²) in [5, 5.41) is 13.3. The van der Waals surface area contributed by atoms with E-state index < -0.39 is 22.4 Å². The fourth-order valence-electron chi connectivity index (χ4n) is 6.13. The maximum atomic E-state index is 13.3. The van der Waals surface area contributed by atoms with Crippen LogP contribution in [0.2, 0.25) is 0 Å². The Hall–Kier alpha value is 0.605. The predicted octanol–water partition coefficient (Wildman–Crippen LogP) is -0.487. The molecule has 0 unspecified atom stereocenters. The first kappa shape index (κ1) is 20.3. The molecule has 0 saturated carbocycles. The molecule has 4 aliphatic heterocycles. The first-order valence-electron chi connectivity index (χ1n) is 9.17. The molecule has 0 aromatic rings. The van der Waals surface area contributed by atoms with Gasteiger partial charge in [-0.15, -0.1) is 0 Å². The molecule has 4 spiro atoms. The van der Waals surface area contributed by atoms with E-state index in [9.17, 15) is 5.11 Å². The van der Waals surface area contributed by atoms with Crippen molar-refractivity contribution in [1.29, 1.82) is 0 Å². The van der Waals surface area contributed by atoms with Crippen molar-refractivity contribution < 1.29 is 64.1 Å². The number of rotatable bonds is 0. The second-order valence-electron chi connectivity index (χ2n) is 7.69. The van der Waals surface area contributed by atoms with Crippen LogP contribution in [0.1, 0.15) is 51.4 Å². The summed E-state index contributed by atoms with van der Waals surface area (Å²) in [4.78, 5) is 0. The van der Waals surface area contributed by atoms with Crippen LogP contribution in [0.3, 0.4) is 0 Å². The zero-order chi connectivity index (χ0) is 15.6. The number of halogens is 1. The molecule has 1 aliphatic carbocycles. The molecular weight excluding hydrogens is 532 g/mol. The summed E-state index contributed by atoms with van der Waals surface area (Å²) in [5.74, 6) is 0.0694. The third-order valence-electron chi connectivity index (χ3n) is 6.87. The van der Waals surface area contributed by atoms with E-state index in [1.165, 1.54) is 0 Å². The largest absolute Gasteiger partial charge is 1.00 e. The molecule has 0 aromatic carbocycles. The predicted molar refractivity (Wildman–Crippen MR) is 80.4 cm³/mol. The summed E-state index contributed by atoms with van der Waals surface area (Å²) >= 11 is 0. The second kappa shape index (κ2) is 6.89. The van der Waals surface area contributed by atoms with Crippen molar-refractivity contribution >= 4 is 0 Å². The second-order valence-corrected chi connectivity index (χ2v) is 7.69. The van der Waals surface area contributed by atoms with E-state index in [2.05, 4.69) is 0 Å². The molecule has 2 radical (unpaired) electrons. The minimum atomic E-state index is -0.856. The zero-order valence-corrected chi connectivity index (χ0v) is 20.9. The minimum Gasteiger partial charge on any atom is -1.00 e. The fraction of sp³-hybridized carbons (Fsp3) is 0.889. The van der Waals surface area contributed by atoms with Gasteiger partial charge >= 0.3 is 27.7 Å². The van der Waals surface area contributed by atoms with E-state index >= 15 is 0 Å². The van der Waals surface area contributed by atoms with Gasteiger partial charge in [0.15, 0.2) is 11.4 Å². The van der Waals surface area contributed by atoms with Crippen molar-refractivity contribution in [1.82, 2.24) is 0 Å². The molecule has 5 rings (SSSR count). The van der Waals surface area contributed by atoms with Gasteiger partial charge < -0.3 is 31.4 Å². The molecule has 4 atom stereocenters. The van der Waals surface area contributed by atoms with E-state index in [4.69, 9.17) is 18.9 Å². The van der Waals surface area contributed by atoms with E-state index in [0.717, 1.165) is 51.4 Å². The van der Waals surface area contributed by atoms with Crippen LogP contribution >= 0.6 is 0 Å². The molecule has 4 fully saturated rings. The Morgan fingerprint density at radius 1 is 0.720 bits per heavy atom. The molecule has 0 aromatic heterocycles. The van der Waals surface area contributed by atoms with Gasteiger partial charge in [-0.25, -0.2) is 0 Å². The van der Waals surface area contributed by atoms with Crippen LogP contribution in [-0.4, -0.2) is 48.8 Å². The van der Waals surface area contributed by atoms with Gasteiger partial charge in [0.2, 0.25) is 0 Å². The Balaban J connectivity index is 0.000000911. The number of ether oxygens (including phenoxy) is 4. The van der Waals surface area contributed by atoms with Crippen LogP contribution in [-0.2, 0) is 51.7 Å². The standard InChI is InChI=1S/C18H25O5.ClH.Hg/c19-14-13-15(5-1-9-20-15)17(7-3-11-22-17)18(8-4-12-23-18)16(14)6-2-10-21-16;;/h13H,1-12H2;1H;/q;;+1/p-1/t15-,16-,17-,18-;;/m1../s1. The average Bonchev–Trinajstić information content (AvgIpc) is 3.30. The third kappa shape index (κ3) is 2.26. The summed E-state index contributed by atoms with van der Waals surface area (Å²) in [6.07, 6.45) is 8.97. The summed E-state index contributed by atoms with van der Waals surface area (Å²) in [6.45, 7) is 2.72. The summed E-state index contributed by atoms with van der Waals surface area (Å²) in [7, 11) is 0. The molecule has 4 heterocycles. The van der Waals surface area contributed by atoms with Crippen molar-refractivity contribution in [3.05, 3.63) is 11.8 Å². The van der Waals surface area contributed by atoms with E-state index in [1.807, 2.05) is 6.08 Å². The molecule has 5 aliphatic rings. The monoisotopic (exact) mass is 558 g/mol. The van der Waals surface area contributed by atoms with E-state index in [0.29, 0.717) is 26.4 Å². The van der Waals surface area contributed by atoms with Gasteiger partial charge in [0, 0.05) is 26.4 Å². The Labute approximate surface area is 175 Å². The Kier molecular flexibility index (Phi) is 5.61. The molecule has 136 valence electrons. The molecule has 7 heteroatoms. The van der Waals surface area contributed by atoms with Crippen molar-refractivity contribution in [2.75, 3.05) is 26.4 Å². The molecule has 5 nitrogen and oxygen atoms in total. The van der Waals surface area contributed by atoms with Crippen LogP contribution < -0.4 is 12.4 Å². The van der Waals surface area contributed by atoms with E-state index in [-0.39, 0.29) is 45.8 Å². The van der Waals surface area contributed by atoms with Crippen LogP contribution in [0.5, 0.6) is 0 Å². The number of hydrogen-bond acceptors (Lipinski definition) is 4. The molecule has 4 saturated heterocycles. The smallest absolute Gasteiger partial charge is 1.00 e. The van der Waals surface area contributed by atoms with Gasteiger partial charge in [-0.3, -0.25) is 5.11 Å². The summed E-state index contributed by atoms with van der Waals surface area (Å²) in [6, 6.07) is 0. The van der Waals surface area contributed by atoms with Crippen LogP contribution in [0.25, 0.3) is 0 Å². The quantitative estimate of drug-likeness (QED) is 0.378. The SMILES string of the molecule is [Cl-].[Hg+].[O]C1=C[C@]2(CCCO2)[C@]2(CCCO2)[C@@]2(CCCO2)[C@@]12CCCO2. The third-order valence-corrected chi connectivity index (χ3v) is 6.87. The van der Waals surface area contributed by atoms with Gasteiger partial charge in [0.25, 0.3) is 0 Å². The van der Waals surface area contributed by atoms with Crippen LogP contribution in [0.15, 0.2) is 11.8 Å². The molecule has 0 bridgehead atoms. The molecular formula is C18H25ClHgO5. The normalized spacial score (nSPS) is 48.2. The van der Waals surface area contributed by atoms with Crippen LogP contribution in [0, 0.1) is 0 Å². The number of hydrogen-bond donors (Lipinski definition) is 0. The Morgan fingerprint density at radius 3 is 1.80 bits per heavy atom. The van der Waals surface area contributed by atoms with Gasteiger partial charge in [-0.2, -0.15) is 0 Å². The molecule has 0 N–H and O–H groups in total. The maximum absolute atomic E-state index is 13.3. The topological polar surface area (TPSA) is 56.8 Å². The summed E-state index contributed by atoms with van der Waals surface area (Å²) in [5.41, 5.74) is -2.72. The molecule has 25 heavy (non-hydrogen) atoms. The Morgan fingerprint density at radius 2 is 1.28 bits per heavy atom. The fourth-order valence-corrected chi connectivity index (χ4v) is 6.13. The van der Waals surface area contributed by atoms with Crippen LogP contribution in [0.4, 0.5) is 0 Å². The van der Waals surface area contributed by atoms with Gasteiger partial charge in [-0.05, 0) is 57.4 Å². The van der Waals surface area contributed by atoms with Crippen molar-refractivity contribution in [3.63, 3.8) is 0 Å². The Bertz CT molecular complexity index is 528. The van der Waals surface area contributed by atoms with E-state index in [1.54, 1.807) is 0 Å². The van der Waals surface area contributed by atoms with Crippen molar-refractivity contribution in [3.8, 4) is 0 Å². The first-order valence-corrected chi connectivity index (χ1v) is 9.17. The van der Waals surface area contributed by atoms with Gasteiger partial charge in [0.05, 0.1) is 0 Å². The maximum Gasteiger partial charge on any atom is 1.00 e. The van der Waals surface area contributed by atoms with Gasteiger partial charge in [0.1, 0.15) is 16.8 Å². The zero-order valence-electron chi connectivity index (χ0n) is 14.7.